The van der Waals surface area contributed by atoms with Crippen LogP contribution in [0.3, 0.4) is 0 Å². The zero-order valence-corrected chi connectivity index (χ0v) is 11.5. The van der Waals surface area contributed by atoms with Crippen LogP contribution in [0.4, 0.5) is 0 Å². The van der Waals surface area contributed by atoms with Crippen molar-refractivity contribution < 1.29 is 0 Å². The molecule has 1 heterocycles. The summed E-state index contributed by atoms with van der Waals surface area (Å²) in [5, 5.41) is 4.98. The number of benzene rings is 1. The minimum absolute atomic E-state index is 0.601. The minimum Gasteiger partial charge on any atom is -0.361 e. The van der Waals surface area contributed by atoms with E-state index in [2.05, 4.69) is 48.4 Å². The van der Waals surface area contributed by atoms with Gasteiger partial charge in [-0.2, -0.15) is 0 Å². The predicted molar refractivity (Wildman–Crippen MR) is 79.0 cm³/mol. The molecule has 0 saturated carbocycles. The molecule has 0 aliphatic heterocycles. The maximum Gasteiger partial charge on any atom is 0.0487 e. The van der Waals surface area contributed by atoms with Gasteiger partial charge in [0.05, 0.1) is 0 Å². The summed E-state index contributed by atoms with van der Waals surface area (Å²) in [4.78, 5) is 3.36. The number of nitrogens with one attached hydrogen (secondary N) is 2. The third-order valence-electron chi connectivity index (χ3n) is 3.46. The Morgan fingerprint density at radius 3 is 2.83 bits per heavy atom. The van der Waals surface area contributed by atoms with Crippen LogP contribution in [-0.2, 0) is 6.42 Å². The van der Waals surface area contributed by atoms with Gasteiger partial charge < -0.3 is 10.3 Å². The average molecular weight is 244 g/mol. The summed E-state index contributed by atoms with van der Waals surface area (Å²) in [6.07, 6.45) is 6.83. The Hall–Kier alpha value is -1.28. The average Bonchev–Trinajstić information content (AvgIpc) is 2.85. The molecule has 98 valence electrons. The van der Waals surface area contributed by atoms with E-state index < -0.39 is 0 Å². The van der Waals surface area contributed by atoms with Crippen molar-refractivity contribution in [2.45, 2.75) is 45.6 Å². The molecule has 2 N–H and O–H groups in total. The number of aromatic nitrogens is 1. The van der Waals surface area contributed by atoms with Crippen molar-refractivity contribution in [2.75, 3.05) is 6.54 Å². The smallest absolute Gasteiger partial charge is 0.0487 e. The highest BCUT2D eigenvalue weighted by Crippen LogP contribution is 2.19. The summed E-state index contributed by atoms with van der Waals surface area (Å²) in [6, 6.07) is 9.32. The highest BCUT2D eigenvalue weighted by Gasteiger charge is 2.10. The normalized spacial score (nSPS) is 13.0. The number of fused-ring (bicyclic) bond motifs is 1. The quantitative estimate of drug-likeness (QED) is 0.760. The molecule has 2 heteroatoms. The second kappa shape index (κ2) is 6.60. The van der Waals surface area contributed by atoms with E-state index >= 15 is 0 Å². The monoisotopic (exact) mass is 244 g/mol. The van der Waals surface area contributed by atoms with Gasteiger partial charge in [-0.25, -0.2) is 0 Å². The van der Waals surface area contributed by atoms with Crippen molar-refractivity contribution in [2.24, 2.45) is 0 Å². The SMILES string of the molecule is CCCNC(CCC)Cc1cccc2cc[nH]c12. The van der Waals surface area contributed by atoms with Crippen LogP contribution < -0.4 is 5.32 Å². The maximum absolute atomic E-state index is 3.66. The zero-order valence-electron chi connectivity index (χ0n) is 11.5. The third-order valence-corrected chi connectivity index (χ3v) is 3.46. The minimum atomic E-state index is 0.601. The van der Waals surface area contributed by atoms with Crippen molar-refractivity contribution in [3.63, 3.8) is 0 Å². The van der Waals surface area contributed by atoms with Crippen molar-refractivity contribution in [3.05, 3.63) is 36.0 Å². The molecule has 0 aliphatic rings. The van der Waals surface area contributed by atoms with Crippen molar-refractivity contribution >= 4 is 10.9 Å². The first-order chi connectivity index (χ1) is 8.85. The lowest BCUT2D eigenvalue weighted by molar-refractivity contribution is 0.474. The van der Waals surface area contributed by atoms with Gasteiger partial charge in [-0.3, -0.25) is 0 Å². The Balaban J connectivity index is 2.12. The first kappa shape index (κ1) is 13.2. The molecule has 1 aromatic carbocycles. The molecule has 0 bridgehead atoms. The molecule has 2 nitrogen and oxygen atoms in total. The van der Waals surface area contributed by atoms with Crippen LogP contribution in [0.25, 0.3) is 10.9 Å². The highest BCUT2D eigenvalue weighted by molar-refractivity contribution is 5.82. The second-order valence-electron chi connectivity index (χ2n) is 5.00. The van der Waals surface area contributed by atoms with Crippen LogP contribution in [0.5, 0.6) is 0 Å². The fraction of sp³-hybridized carbons (Fsp3) is 0.500. The van der Waals surface area contributed by atoms with E-state index in [9.17, 15) is 0 Å². The predicted octanol–water partition coefficient (Wildman–Crippen LogP) is 3.88. The summed E-state index contributed by atoms with van der Waals surface area (Å²) in [6.45, 7) is 5.60. The Kier molecular flexibility index (Phi) is 4.82. The van der Waals surface area contributed by atoms with Gasteiger partial charge in [0.25, 0.3) is 0 Å². The molecule has 2 aromatic rings. The first-order valence-electron chi connectivity index (χ1n) is 7.13. The number of para-hydroxylation sites is 1. The zero-order chi connectivity index (χ0) is 12.8. The maximum atomic E-state index is 3.66. The number of rotatable bonds is 7. The molecule has 1 atom stereocenters. The molecule has 0 saturated heterocycles. The molecule has 0 radical (unpaired) electrons. The van der Waals surface area contributed by atoms with Crippen LogP contribution in [0.2, 0.25) is 0 Å². The fourth-order valence-corrected chi connectivity index (χ4v) is 2.56. The molecule has 1 unspecified atom stereocenters. The first-order valence-corrected chi connectivity index (χ1v) is 7.13. The van der Waals surface area contributed by atoms with Gasteiger partial charge in [0, 0.05) is 17.8 Å². The molecular formula is C16H24N2. The second-order valence-corrected chi connectivity index (χ2v) is 5.00. The van der Waals surface area contributed by atoms with Crippen molar-refractivity contribution in [1.82, 2.24) is 10.3 Å². The molecule has 1 aromatic heterocycles. The van der Waals surface area contributed by atoms with Crippen LogP contribution in [-0.4, -0.2) is 17.6 Å². The van der Waals surface area contributed by atoms with E-state index in [1.807, 2.05) is 6.20 Å². The van der Waals surface area contributed by atoms with E-state index in [0.717, 1.165) is 13.0 Å². The molecule has 0 amide bonds. The van der Waals surface area contributed by atoms with Crippen molar-refractivity contribution in [1.29, 1.82) is 0 Å². The van der Waals surface area contributed by atoms with E-state index in [1.54, 1.807) is 0 Å². The fourth-order valence-electron chi connectivity index (χ4n) is 2.56. The van der Waals surface area contributed by atoms with E-state index in [4.69, 9.17) is 0 Å². The number of aromatic amines is 1. The van der Waals surface area contributed by atoms with Crippen molar-refractivity contribution in [3.8, 4) is 0 Å². The van der Waals surface area contributed by atoms with Crippen LogP contribution >= 0.6 is 0 Å². The molecule has 2 rings (SSSR count). The Labute approximate surface area is 110 Å². The lowest BCUT2D eigenvalue weighted by Crippen LogP contribution is -2.31. The lowest BCUT2D eigenvalue weighted by Gasteiger charge is -2.18. The number of hydrogen-bond donors (Lipinski definition) is 2. The topological polar surface area (TPSA) is 27.8 Å². The van der Waals surface area contributed by atoms with Gasteiger partial charge in [0.15, 0.2) is 0 Å². The van der Waals surface area contributed by atoms with Crippen LogP contribution in [0.15, 0.2) is 30.5 Å². The Morgan fingerprint density at radius 2 is 2.06 bits per heavy atom. The third kappa shape index (κ3) is 3.14. The summed E-state index contributed by atoms with van der Waals surface area (Å²) in [5.41, 5.74) is 2.73. The Morgan fingerprint density at radius 1 is 1.17 bits per heavy atom. The molecular weight excluding hydrogens is 220 g/mol. The van der Waals surface area contributed by atoms with E-state index in [1.165, 1.54) is 35.7 Å². The molecule has 0 aliphatic carbocycles. The standard InChI is InChI=1S/C16H24N2/c1-3-6-15(17-10-4-2)12-14-8-5-7-13-9-11-18-16(13)14/h5,7-9,11,15,17-18H,3-4,6,10,12H2,1-2H3. The van der Waals surface area contributed by atoms with Gasteiger partial charge in [-0.15, -0.1) is 0 Å². The van der Waals surface area contributed by atoms with Gasteiger partial charge in [0.2, 0.25) is 0 Å². The Bertz CT molecular complexity index is 473. The summed E-state index contributed by atoms with van der Waals surface area (Å²) in [5.74, 6) is 0. The van der Waals surface area contributed by atoms with Gasteiger partial charge >= 0.3 is 0 Å². The van der Waals surface area contributed by atoms with Crippen LogP contribution in [0, 0.1) is 0 Å². The van der Waals surface area contributed by atoms with Crippen LogP contribution in [0.1, 0.15) is 38.7 Å². The van der Waals surface area contributed by atoms with E-state index in [-0.39, 0.29) is 0 Å². The summed E-state index contributed by atoms with van der Waals surface area (Å²) >= 11 is 0. The highest BCUT2D eigenvalue weighted by atomic mass is 14.9. The molecule has 0 fully saturated rings. The largest absolute Gasteiger partial charge is 0.361 e. The number of hydrogen-bond acceptors (Lipinski definition) is 1. The molecule has 0 spiro atoms. The van der Waals surface area contributed by atoms with Gasteiger partial charge in [-0.1, -0.05) is 38.5 Å². The van der Waals surface area contributed by atoms with Gasteiger partial charge in [0.1, 0.15) is 0 Å². The molecule has 18 heavy (non-hydrogen) atoms. The van der Waals surface area contributed by atoms with Gasteiger partial charge in [-0.05, 0) is 42.8 Å². The van der Waals surface area contributed by atoms with E-state index in [0.29, 0.717) is 6.04 Å². The number of H-pyrrole nitrogens is 1. The summed E-state index contributed by atoms with van der Waals surface area (Å²) < 4.78 is 0. The summed E-state index contributed by atoms with van der Waals surface area (Å²) in [7, 11) is 0. The lowest BCUT2D eigenvalue weighted by atomic mass is 10.00.